The van der Waals surface area contributed by atoms with Crippen LogP contribution in [-0.2, 0) is 23.8 Å². The van der Waals surface area contributed by atoms with Gasteiger partial charge in [0, 0.05) is 12.8 Å². The lowest BCUT2D eigenvalue weighted by molar-refractivity contribution is -0.302. The first-order chi connectivity index (χ1) is 38.2. The number of aliphatic hydroxyl groups is 5. The standard InChI is InChI=1S/C67H125NO10/c1-3-5-7-9-11-13-34-39-43-47-51-55-63(72)76-56-52-48-44-40-36-33-31-29-27-25-23-21-19-17-15-16-18-20-22-24-26-28-30-32-35-38-42-46-50-54-62(71)68-59(58-77-67-66(75)65(74)64(73)61(57-69)78-67)60(70)53-49-45-41-37-14-12-10-8-6-4-2/h15,17,21,23,49,53,59-61,64-67,69-70,73-75H,3-14,16,18-20,22,24-48,50-52,54-58H2,1-2H3,(H,68,71)/b17-15-,23-21-,53-49+. The van der Waals surface area contributed by atoms with E-state index in [4.69, 9.17) is 14.2 Å². The quantitative estimate of drug-likeness (QED) is 0.0195. The van der Waals surface area contributed by atoms with Crippen molar-refractivity contribution < 1.29 is 49.3 Å². The maximum atomic E-state index is 13.0. The van der Waals surface area contributed by atoms with Crippen molar-refractivity contribution in [3.05, 3.63) is 36.5 Å². The summed E-state index contributed by atoms with van der Waals surface area (Å²) in [6.45, 7) is 4.34. The van der Waals surface area contributed by atoms with Gasteiger partial charge < -0.3 is 45.1 Å². The summed E-state index contributed by atoms with van der Waals surface area (Å²) in [5, 5.41) is 54.3. The van der Waals surface area contributed by atoms with Crippen LogP contribution in [0.2, 0.25) is 0 Å². The number of hydrogen-bond acceptors (Lipinski definition) is 10. The Morgan fingerprint density at radius 1 is 0.474 bits per heavy atom. The Hall–Kier alpha value is -2.12. The predicted molar refractivity (Wildman–Crippen MR) is 324 cm³/mol. The van der Waals surface area contributed by atoms with E-state index in [2.05, 4.69) is 43.5 Å². The molecule has 458 valence electrons. The molecule has 7 unspecified atom stereocenters. The van der Waals surface area contributed by atoms with Gasteiger partial charge in [0.15, 0.2) is 6.29 Å². The van der Waals surface area contributed by atoms with Gasteiger partial charge in [-0.25, -0.2) is 0 Å². The van der Waals surface area contributed by atoms with Crippen molar-refractivity contribution in [3.63, 3.8) is 0 Å². The van der Waals surface area contributed by atoms with Gasteiger partial charge in [0.1, 0.15) is 24.4 Å². The lowest BCUT2D eigenvalue weighted by Crippen LogP contribution is -2.60. The highest BCUT2D eigenvalue weighted by Gasteiger charge is 2.44. The third-order valence-electron chi connectivity index (χ3n) is 15.7. The minimum absolute atomic E-state index is 0.00300. The van der Waals surface area contributed by atoms with Crippen LogP contribution in [0, 0.1) is 0 Å². The molecule has 0 spiro atoms. The highest BCUT2D eigenvalue weighted by molar-refractivity contribution is 5.76. The maximum Gasteiger partial charge on any atom is 0.305 e. The summed E-state index contributed by atoms with van der Waals surface area (Å²) in [5.74, 6) is -0.180. The van der Waals surface area contributed by atoms with E-state index in [-0.39, 0.29) is 18.5 Å². The molecule has 11 nitrogen and oxygen atoms in total. The first-order valence-electron chi connectivity index (χ1n) is 33.3. The zero-order valence-corrected chi connectivity index (χ0v) is 50.6. The zero-order chi connectivity index (χ0) is 56.6. The lowest BCUT2D eigenvalue weighted by atomic mass is 9.99. The molecule has 1 heterocycles. The van der Waals surface area contributed by atoms with Gasteiger partial charge in [0.25, 0.3) is 0 Å². The third kappa shape index (κ3) is 45.5. The number of hydrogen-bond donors (Lipinski definition) is 6. The molecule has 1 aliphatic heterocycles. The van der Waals surface area contributed by atoms with Gasteiger partial charge >= 0.3 is 5.97 Å². The summed E-state index contributed by atoms with van der Waals surface area (Å²) in [6.07, 6.45) is 61.3. The summed E-state index contributed by atoms with van der Waals surface area (Å²) in [5.41, 5.74) is 0. The Balaban J connectivity index is 1.98. The molecule has 1 saturated heterocycles. The molecule has 0 aromatic carbocycles. The molecule has 7 atom stereocenters. The molecule has 0 radical (unpaired) electrons. The first kappa shape index (κ1) is 73.9. The molecule has 1 amide bonds. The third-order valence-corrected chi connectivity index (χ3v) is 15.7. The second-order valence-electron chi connectivity index (χ2n) is 23.2. The summed E-state index contributed by atoms with van der Waals surface area (Å²) in [7, 11) is 0. The zero-order valence-electron chi connectivity index (χ0n) is 50.6. The summed E-state index contributed by atoms with van der Waals surface area (Å²) >= 11 is 0. The van der Waals surface area contributed by atoms with Crippen molar-refractivity contribution in [2.45, 2.75) is 358 Å². The SMILES string of the molecule is CCCCCCCCCC/C=C/C(O)C(COC1OC(CO)C(O)C(O)C1O)NC(=O)CCCCCCCCCCCCCCC/C=C\C/C=C\CCCCCCCCCCCOC(=O)CCCCCCCCCCCCC. The number of ether oxygens (including phenoxy) is 3. The average molecular weight is 1100 g/mol. The van der Waals surface area contributed by atoms with Gasteiger partial charge in [-0.2, -0.15) is 0 Å². The van der Waals surface area contributed by atoms with Crippen molar-refractivity contribution in [2.75, 3.05) is 19.8 Å². The number of carbonyl (C=O) groups is 2. The van der Waals surface area contributed by atoms with Crippen molar-refractivity contribution >= 4 is 11.9 Å². The van der Waals surface area contributed by atoms with Crippen LogP contribution in [0.4, 0.5) is 0 Å². The van der Waals surface area contributed by atoms with Crippen LogP contribution >= 0.6 is 0 Å². The van der Waals surface area contributed by atoms with Gasteiger partial charge in [-0.05, 0) is 64.2 Å². The summed E-state index contributed by atoms with van der Waals surface area (Å²) < 4.78 is 16.7. The number of nitrogens with one attached hydrogen (secondary N) is 1. The van der Waals surface area contributed by atoms with Crippen LogP contribution < -0.4 is 5.32 Å². The Morgan fingerprint density at radius 3 is 1.29 bits per heavy atom. The van der Waals surface area contributed by atoms with Gasteiger partial charge in [-0.1, -0.05) is 275 Å². The Kier molecular flexibility index (Phi) is 53.7. The largest absolute Gasteiger partial charge is 0.466 e. The van der Waals surface area contributed by atoms with Crippen molar-refractivity contribution in [3.8, 4) is 0 Å². The molecule has 0 aliphatic carbocycles. The number of aliphatic hydroxyl groups excluding tert-OH is 5. The highest BCUT2D eigenvalue weighted by atomic mass is 16.7. The average Bonchev–Trinajstić information content (AvgIpc) is 3.44. The molecule has 1 fully saturated rings. The molecule has 0 aromatic heterocycles. The highest BCUT2D eigenvalue weighted by Crippen LogP contribution is 2.23. The normalized spacial score (nSPS) is 18.7. The van der Waals surface area contributed by atoms with E-state index in [9.17, 15) is 35.1 Å². The van der Waals surface area contributed by atoms with Crippen molar-refractivity contribution in [1.82, 2.24) is 5.32 Å². The molecule has 6 N–H and O–H groups in total. The smallest absolute Gasteiger partial charge is 0.305 e. The van der Waals surface area contributed by atoms with Crippen molar-refractivity contribution in [1.29, 1.82) is 0 Å². The fourth-order valence-electron chi connectivity index (χ4n) is 10.5. The fourth-order valence-corrected chi connectivity index (χ4v) is 10.5. The van der Waals surface area contributed by atoms with Crippen LogP contribution in [0.3, 0.4) is 0 Å². The number of unbranched alkanes of at least 4 members (excludes halogenated alkanes) is 40. The topological polar surface area (TPSA) is 175 Å². The molecule has 0 saturated carbocycles. The van der Waals surface area contributed by atoms with E-state index in [1.807, 2.05) is 6.08 Å². The van der Waals surface area contributed by atoms with Crippen LogP contribution in [0.5, 0.6) is 0 Å². The molecule has 1 rings (SSSR count). The minimum Gasteiger partial charge on any atom is -0.466 e. The Labute approximate surface area is 479 Å². The van der Waals surface area contributed by atoms with Crippen LogP contribution in [0.25, 0.3) is 0 Å². The van der Waals surface area contributed by atoms with Gasteiger partial charge in [0.05, 0.1) is 32.0 Å². The lowest BCUT2D eigenvalue weighted by Gasteiger charge is -2.40. The summed E-state index contributed by atoms with van der Waals surface area (Å²) in [6, 6.07) is -0.810. The predicted octanol–water partition coefficient (Wildman–Crippen LogP) is 16.2. The number of esters is 1. The monoisotopic (exact) mass is 1100 g/mol. The van der Waals surface area contributed by atoms with E-state index in [1.54, 1.807) is 6.08 Å². The van der Waals surface area contributed by atoms with Crippen molar-refractivity contribution in [2.24, 2.45) is 0 Å². The van der Waals surface area contributed by atoms with E-state index in [0.29, 0.717) is 19.4 Å². The number of amides is 1. The minimum atomic E-state index is -1.57. The van der Waals surface area contributed by atoms with Gasteiger partial charge in [0.2, 0.25) is 5.91 Å². The molecular weight excluding hydrogens is 979 g/mol. The molecule has 1 aliphatic rings. The van der Waals surface area contributed by atoms with E-state index < -0.39 is 49.5 Å². The van der Waals surface area contributed by atoms with Gasteiger partial charge in [-0.3, -0.25) is 9.59 Å². The van der Waals surface area contributed by atoms with Crippen LogP contribution in [0.15, 0.2) is 36.5 Å². The fraction of sp³-hybridized carbons (Fsp3) is 0.881. The molecule has 11 heteroatoms. The molecular formula is C67H125NO10. The van der Waals surface area contributed by atoms with Crippen LogP contribution in [0.1, 0.15) is 316 Å². The molecule has 78 heavy (non-hydrogen) atoms. The first-order valence-corrected chi connectivity index (χ1v) is 33.3. The second-order valence-corrected chi connectivity index (χ2v) is 23.2. The number of rotatable bonds is 58. The summed E-state index contributed by atoms with van der Waals surface area (Å²) in [4.78, 5) is 25.0. The number of carbonyl (C=O) groups excluding carboxylic acids is 2. The Morgan fingerprint density at radius 2 is 0.859 bits per heavy atom. The van der Waals surface area contributed by atoms with E-state index in [0.717, 1.165) is 64.2 Å². The van der Waals surface area contributed by atoms with E-state index in [1.165, 1.54) is 225 Å². The molecule has 0 bridgehead atoms. The van der Waals surface area contributed by atoms with E-state index >= 15 is 0 Å². The molecule has 0 aromatic rings. The number of allylic oxidation sites excluding steroid dienone is 5. The maximum absolute atomic E-state index is 13.0. The second kappa shape index (κ2) is 56.7. The van der Waals surface area contributed by atoms with Gasteiger partial charge in [-0.15, -0.1) is 0 Å². The Bertz CT molecular complexity index is 1390. The van der Waals surface area contributed by atoms with Crippen LogP contribution in [-0.4, -0.2) is 100 Å².